The minimum Gasteiger partial charge on any atom is -0.310 e. The number of fused-ring (bicyclic) bond motifs is 7. The van der Waals surface area contributed by atoms with Crippen LogP contribution in [0.4, 0.5) is 34.1 Å². The van der Waals surface area contributed by atoms with Gasteiger partial charge >= 0.3 is 0 Å². The molecule has 4 heteroatoms. The average molecular weight is 1850 g/mol. The van der Waals surface area contributed by atoms with Gasteiger partial charge in [0.2, 0.25) is 0 Å². The number of hydrogen-bond acceptors (Lipinski definition) is 2. The molecule has 0 bridgehead atoms. The van der Waals surface area contributed by atoms with Gasteiger partial charge in [0, 0.05) is 61.5 Å². The molecule has 0 fully saturated rings. The molecule has 0 spiro atoms. The summed E-state index contributed by atoms with van der Waals surface area (Å²) in [5, 5.41) is 1.96. The van der Waals surface area contributed by atoms with E-state index in [1.54, 1.807) is 0 Å². The first-order valence-corrected chi connectivity index (χ1v) is 50.2. The first kappa shape index (κ1) is 79.0. The van der Waals surface area contributed by atoms with E-state index < -0.39 is 95.9 Å². The van der Waals surface area contributed by atoms with Crippen molar-refractivity contribution in [1.82, 2.24) is 4.57 Å². The predicted molar refractivity (Wildman–Crippen MR) is 609 cm³/mol. The molecule has 13 aromatic carbocycles. The van der Waals surface area contributed by atoms with Crippen molar-refractivity contribution in [2.24, 2.45) is 0 Å². The number of anilines is 6. The van der Waals surface area contributed by atoms with Crippen molar-refractivity contribution in [3.8, 4) is 72.4 Å². The van der Waals surface area contributed by atoms with Crippen molar-refractivity contribution in [2.75, 3.05) is 9.80 Å². The second kappa shape index (κ2) is 33.5. The van der Waals surface area contributed by atoms with E-state index >= 15 is 0 Å². The Labute approximate surface area is 860 Å². The van der Waals surface area contributed by atoms with Gasteiger partial charge in [-0.15, -0.1) is 0 Å². The third kappa shape index (κ3) is 19.1. The van der Waals surface area contributed by atoms with E-state index in [1.165, 1.54) is 0 Å². The van der Waals surface area contributed by atoms with Gasteiger partial charge in [0.05, 0.1) is 47.1 Å². The first-order valence-electron chi connectivity index (χ1n) is 59.2. The topological polar surface area (TPSA) is 11.4 Å². The zero-order chi connectivity index (χ0) is 117. The number of nitrogens with zero attached hydrogens (tertiary/aromatic N) is 3. The Hall–Kier alpha value is -10.7. The Bertz CT molecular complexity index is 8090. The second-order valence-corrected chi connectivity index (χ2v) is 54.4. The highest BCUT2D eigenvalue weighted by Gasteiger charge is 2.48. The van der Waals surface area contributed by atoms with Crippen molar-refractivity contribution >= 4 is 79.0 Å². The summed E-state index contributed by atoms with van der Waals surface area (Å²) in [6.07, 6.45) is 0. The van der Waals surface area contributed by atoms with Gasteiger partial charge in [-0.05, 0) is 293 Å². The summed E-state index contributed by atoms with van der Waals surface area (Å²) >= 11 is 0. The molecule has 16 rings (SSSR count). The number of aromatic nitrogens is 1. The molecule has 1 aromatic heterocycles. The van der Waals surface area contributed by atoms with E-state index in [-0.39, 0.29) is 196 Å². The van der Waals surface area contributed by atoms with Crippen molar-refractivity contribution < 1.29 is 24.7 Å². The molecule has 2 aliphatic heterocycles. The van der Waals surface area contributed by atoms with Crippen LogP contribution in [0.15, 0.2) is 230 Å². The summed E-state index contributed by atoms with van der Waals surface area (Å²) < 4.78 is 204. The van der Waals surface area contributed by atoms with Crippen LogP contribution < -0.4 is 26.2 Å². The summed E-state index contributed by atoms with van der Waals surface area (Å²) in [6, 6.07) is 37.8. The Morgan fingerprint density at radius 1 is 0.203 bits per heavy atom. The maximum Gasteiger partial charge on any atom is 0.252 e. The van der Waals surface area contributed by atoms with E-state index in [9.17, 15) is 24.7 Å². The van der Waals surface area contributed by atoms with Crippen LogP contribution >= 0.6 is 0 Å². The highest BCUT2D eigenvalue weighted by molar-refractivity contribution is 7.00. The highest BCUT2D eigenvalue weighted by atomic mass is 15.2. The van der Waals surface area contributed by atoms with Gasteiger partial charge in [-0.25, -0.2) is 0 Å². The lowest BCUT2D eigenvalue weighted by molar-refractivity contribution is 0.568. The minimum absolute atomic E-state index is 0.00960. The molecule has 0 atom stereocenters. The average Bonchev–Trinajstić information content (AvgIpc) is 0.724. The summed E-state index contributed by atoms with van der Waals surface area (Å²) in [4.78, 5) is 4.05. The van der Waals surface area contributed by atoms with Crippen LogP contribution in [0, 0.1) is 0 Å². The minimum atomic E-state index is -1.23. The zero-order valence-electron chi connectivity index (χ0n) is 109. The van der Waals surface area contributed by atoms with Crippen molar-refractivity contribution in [3.05, 3.63) is 308 Å². The van der Waals surface area contributed by atoms with E-state index in [0.717, 1.165) is 60.8 Å². The molecular weight excluding hydrogens is 1660 g/mol. The molecule has 0 unspecified atom stereocenters. The Morgan fingerprint density at radius 2 is 0.514 bits per heavy atom. The molecule has 0 radical (unpaired) electrons. The van der Waals surface area contributed by atoms with Crippen LogP contribution in [-0.4, -0.2) is 11.3 Å². The van der Waals surface area contributed by atoms with E-state index in [2.05, 4.69) is 251 Å². The van der Waals surface area contributed by atoms with E-state index in [0.29, 0.717) is 61.5 Å². The summed E-state index contributed by atoms with van der Waals surface area (Å²) in [6.45, 7) is 84.2. The molecule has 138 heavy (non-hydrogen) atoms. The SMILES string of the molecule is [2H]c1c([2H])c(C(C)(C)C)c([2H])c([2H])c1-c1c([2H])c(C(C)(C)C)c([2H])c(-c2c([2H])c(C(C)(C)C)c([2H])c(C(C)(C)C)c2[2H])c1N1c2cc(-c3cc(C(C)(C)C)cc(C(C)(C)C)c3)ccc2B2c3ccc(-n4c5ccc(C(C)(C)C)cc5c5cc(C(C)(C)C)ccc54)cc3N(c3c(-c4c([2H])c([2H])c(C(C)(C)C)c([2H])c4[2H])c([2H])c(C(C)(C)C)c([2H])c3-c3c([2H])c([2H])c(C(C)(C)C)c([2H])c3C(C)(C)C)c3cc(-c4cc(C(C)(C)C)cc(C(C)(C)C)c4)cc1c32. The standard InChI is InChI=1S/C134H164BN3/c1-121(2,3)88-48-43-81(44-49-88)103-75-99(132(34,35)36)77-105(87-65-97(130(28,29)30)72-98(66-87)131(31,32)33)119(103)137-114-67-83(84-61-93(126(16,17)18)70-94(62-84)127(19,20)21)47-57-110(114)135-111-58-55-101(136-112-59-53-90(123(7,8)9)73-106(112)107-74-91(124(10,11)12)54-60-113(107)136)80-115(111)138(117-69-86(68-116(137)118(117)135)85-63-95(128(22,23)24)71-96(64-85)129(25,26)27)120-104(82-45-50-89(51-46-82)122(4,5)6)76-100(133(37,38)39)78-108(120)102-56-52-92(125(13,14)15)79-109(102)134(40,41)42/h43-80H,1-42H3/i43D,44D,45D,46D,48D,49D,50D,51D,52D,56D,65D,66D,72D,75D,76D,77D,78D,79D. The van der Waals surface area contributed by atoms with Gasteiger partial charge in [-0.1, -0.05) is 442 Å². The molecule has 2 aliphatic rings. The fourth-order valence-corrected chi connectivity index (χ4v) is 19.0. The van der Waals surface area contributed by atoms with Crippen LogP contribution in [-0.2, 0) is 75.8 Å². The van der Waals surface area contributed by atoms with Crippen LogP contribution in [0.2, 0.25) is 0 Å². The molecule has 14 aromatic rings. The molecule has 0 saturated carbocycles. The lowest BCUT2D eigenvalue weighted by Gasteiger charge is -2.46. The van der Waals surface area contributed by atoms with Gasteiger partial charge in [0.25, 0.3) is 6.71 Å². The maximum absolute atomic E-state index is 12.1. The van der Waals surface area contributed by atoms with Gasteiger partial charge in [0.1, 0.15) is 0 Å². The summed E-state index contributed by atoms with van der Waals surface area (Å²) in [5.74, 6) is 0. The first-order chi connectivity index (χ1) is 70.8. The fraction of sp³-hybridized carbons (Fsp3) is 0.418. The number of hydrogen-bond donors (Lipinski definition) is 0. The molecular formula is C134H164BN3. The van der Waals surface area contributed by atoms with Crippen molar-refractivity contribution in [2.45, 2.75) is 367 Å². The number of rotatable bonds is 9. The quantitative estimate of drug-likeness (QED) is 0.133. The molecule has 3 heterocycles. The van der Waals surface area contributed by atoms with Crippen LogP contribution in [0.25, 0.3) is 94.3 Å². The molecule has 0 saturated heterocycles. The Balaban J connectivity index is 1.33. The molecule has 0 aliphatic carbocycles. The normalized spacial score (nSPS) is 15.9. The number of benzene rings is 13. The molecule has 0 amide bonds. The summed E-state index contributed by atoms with van der Waals surface area (Å²) in [7, 11) is 0. The van der Waals surface area contributed by atoms with Crippen LogP contribution in [0.3, 0.4) is 0 Å². The lowest BCUT2D eigenvalue weighted by Crippen LogP contribution is -2.61. The largest absolute Gasteiger partial charge is 0.310 e. The molecule has 0 N–H and O–H groups in total. The Morgan fingerprint density at radius 3 is 0.884 bits per heavy atom. The summed E-state index contributed by atoms with van der Waals surface area (Å²) in [5.41, 5.74) is 3.16. The van der Waals surface area contributed by atoms with Crippen LogP contribution in [0.5, 0.6) is 0 Å². The molecule has 718 valence electrons. The fourth-order valence-electron chi connectivity index (χ4n) is 19.0. The van der Waals surface area contributed by atoms with Crippen LogP contribution in [0.1, 0.15) is 393 Å². The highest BCUT2D eigenvalue weighted by Crippen LogP contribution is 2.59. The predicted octanol–water partition coefficient (Wildman–Crippen LogP) is 37.0. The van der Waals surface area contributed by atoms with Crippen molar-refractivity contribution in [1.29, 1.82) is 0 Å². The third-order valence-corrected chi connectivity index (χ3v) is 28.0. The molecule has 3 nitrogen and oxygen atoms in total. The van der Waals surface area contributed by atoms with Gasteiger partial charge in [-0.3, -0.25) is 0 Å². The smallest absolute Gasteiger partial charge is 0.252 e. The van der Waals surface area contributed by atoms with Gasteiger partial charge in [-0.2, -0.15) is 0 Å². The lowest BCUT2D eigenvalue weighted by atomic mass is 9.33. The Kier molecular flexibility index (Phi) is 19.2. The maximum atomic E-state index is 12.1. The third-order valence-electron chi connectivity index (χ3n) is 28.0. The van der Waals surface area contributed by atoms with Crippen molar-refractivity contribution in [3.63, 3.8) is 0 Å². The van der Waals surface area contributed by atoms with E-state index in [4.69, 9.17) is 0 Å². The monoisotopic (exact) mass is 1840 g/mol. The van der Waals surface area contributed by atoms with Gasteiger partial charge < -0.3 is 14.4 Å². The zero-order valence-corrected chi connectivity index (χ0v) is 91.5. The van der Waals surface area contributed by atoms with Gasteiger partial charge in [0.15, 0.2) is 0 Å². The van der Waals surface area contributed by atoms with E-state index in [1.807, 2.05) is 176 Å². The second-order valence-electron chi connectivity index (χ2n) is 54.4.